The lowest BCUT2D eigenvalue weighted by Gasteiger charge is -2.08. The molecule has 0 bridgehead atoms. The highest BCUT2D eigenvalue weighted by Gasteiger charge is 2.11. The Balaban J connectivity index is 2.37. The normalized spacial score (nSPS) is 15.8. The maximum atomic E-state index is 13.6. The first-order chi connectivity index (χ1) is 8.59. The van der Waals surface area contributed by atoms with Crippen LogP contribution in [0.5, 0.6) is 0 Å². The summed E-state index contributed by atoms with van der Waals surface area (Å²) >= 11 is 0. The van der Waals surface area contributed by atoms with Gasteiger partial charge in [-0.2, -0.15) is 0 Å². The van der Waals surface area contributed by atoms with Crippen molar-refractivity contribution in [2.45, 2.75) is 6.92 Å². The maximum Gasteiger partial charge on any atom is 0.167 e. The molecule has 0 aliphatic carbocycles. The number of allylic oxidation sites excluding steroid dienone is 1. The molecule has 2 nitrogen and oxygen atoms in total. The summed E-state index contributed by atoms with van der Waals surface area (Å²) < 4.78 is 26.7. The SMILES string of the molecule is C=C1C=NCC=C1N=C(C)c1cccc(F)c1F. The predicted molar refractivity (Wildman–Crippen MR) is 69.2 cm³/mol. The highest BCUT2D eigenvalue weighted by molar-refractivity contribution is 6.00. The minimum absolute atomic E-state index is 0.159. The Kier molecular flexibility index (Phi) is 3.46. The van der Waals surface area contributed by atoms with Gasteiger partial charge < -0.3 is 0 Å². The molecule has 0 N–H and O–H groups in total. The minimum atomic E-state index is -0.880. The lowest BCUT2D eigenvalue weighted by molar-refractivity contribution is 0.507. The van der Waals surface area contributed by atoms with E-state index in [0.717, 1.165) is 6.07 Å². The average molecular weight is 246 g/mol. The van der Waals surface area contributed by atoms with Crippen LogP contribution in [-0.4, -0.2) is 18.5 Å². The Bertz CT molecular complexity index is 583. The standard InChI is InChI=1S/C14H12F2N2/c1-9-8-17-7-6-13(9)18-10(2)11-4-3-5-12(15)14(11)16/h3-6,8H,1,7H2,2H3. The zero-order valence-electron chi connectivity index (χ0n) is 9.95. The van der Waals surface area contributed by atoms with E-state index in [2.05, 4.69) is 16.6 Å². The van der Waals surface area contributed by atoms with Crippen molar-refractivity contribution in [3.8, 4) is 0 Å². The molecule has 4 heteroatoms. The molecule has 0 unspecified atom stereocenters. The molecule has 0 saturated carbocycles. The number of benzene rings is 1. The van der Waals surface area contributed by atoms with Crippen LogP contribution < -0.4 is 0 Å². The molecule has 1 heterocycles. The van der Waals surface area contributed by atoms with Gasteiger partial charge >= 0.3 is 0 Å². The molecule has 0 fully saturated rings. The average Bonchev–Trinajstić information content (AvgIpc) is 2.35. The van der Waals surface area contributed by atoms with Crippen LogP contribution in [0.2, 0.25) is 0 Å². The van der Waals surface area contributed by atoms with Gasteiger partial charge in [-0.15, -0.1) is 0 Å². The molecule has 1 aromatic carbocycles. The summed E-state index contributed by atoms with van der Waals surface area (Å²) in [5.41, 5.74) is 1.88. The van der Waals surface area contributed by atoms with Crippen molar-refractivity contribution < 1.29 is 8.78 Å². The first kappa shape index (κ1) is 12.4. The third kappa shape index (κ3) is 2.42. The molecule has 18 heavy (non-hydrogen) atoms. The van der Waals surface area contributed by atoms with E-state index in [1.807, 2.05) is 0 Å². The fourth-order valence-corrected chi connectivity index (χ4v) is 1.64. The van der Waals surface area contributed by atoms with Crippen molar-refractivity contribution in [2.75, 3.05) is 6.54 Å². The number of hydrogen-bond donors (Lipinski definition) is 0. The summed E-state index contributed by atoms with van der Waals surface area (Å²) in [6, 6.07) is 4.04. The van der Waals surface area contributed by atoms with E-state index in [9.17, 15) is 8.78 Å². The molecule has 1 aromatic rings. The second-order valence-electron chi connectivity index (χ2n) is 3.91. The molecule has 0 amide bonds. The van der Waals surface area contributed by atoms with E-state index in [1.165, 1.54) is 12.1 Å². The highest BCUT2D eigenvalue weighted by Crippen LogP contribution is 2.16. The zero-order chi connectivity index (χ0) is 13.1. The van der Waals surface area contributed by atoms with Crippen molar-refractivity contribution in [1.29, 1.82) is 0 Å². The fourth-order valence-electron chi connectivity index (χ4n) is 1.64. The molecule has 0 aromatic heterocycles. The van der Waals surface area contributed by atoms with Gasteiger partial charge in [0.2, 0.25) is 0 Å². The fraction of sp³-hybridized carbons (Fsp3) is 0.143. The Morgan fingerprint density at radius 3 is 2.89 bits per heavy atom. The molecular formula is C14H12F2N2. The van der Waals surface area contributed by atoms with E-state index in [1.54, 1.807) is 19.2 Å². The largest absolute Gasteiger partial charge is 0.288 e. The number of rotatable bonds is 2. The third-order valence-corrected chi connectivity index (χ3v) is 2.60. The van der Waals surface area contributed by atoms with E-state index in [0.29, 0.717) is 23.5 Å². The summed E-state index contributed by atoms with van der Waals surface area (Å²) in [5.74, 6) is -1.76. The zero-order valence-corrected chi connectivity index (χ0v) is 9.95. The third-order valence-electron chi connectivity index (χ3n) is 2.60. The van der Waals surface area contributed by atoms with Gasteiger partial charge in [-0.25, -0.2) is 8.78 Å². The molecule has 92 valence electrons. The molecule has 0 spiro atoms. The number of halogens is 2. The summed E-state index contributed by atoms with van der Waals surface area (Å²) in [5, 5.41) is 0. The second-order valence-corrected chi connectivity index (χ2v) is 3.91. The molecule has 0 atom stereocenters. The van der Waals surface area contributed by atoms with Gasteiger partial charge in [0.15, 0.2) is 11.6 Å². The van der Waals surface area contributed by atoms with Gasteiger partial charge in [-0.3, -0.25) is 9.98 Å². The van der Waals surface area contributed by atoms with Crippen molar-refractivity contribution in [2.24, 2.45) is 9.98 Å². The minimum Gasteiger partial charge on any atom is -0.288 e. The predicted octanol–water partition coefficient (Wildman–Crippen LogP) is 3.30. The van der Waals surface area contributed by atoms with E-state index in [4.69, 9.17) is 0 Å². The monoisotopic (exact) mass is 246 g/mol. The Hall–Kier alpha value is -2.10. The lowest BCUT2D eigenvalue weighted by atomic mass is 10.1. The molecule has 2 rings (SSSR count). The summed E-state index contributed by atoms with van der Waals surface area (Å²) in [7, 11) is 0. The Labute approximate surface area is 104 Å². The van der Waals surface area contributed by atoms with Crippen LogP contribution >= 0.6 is 0 Å². The quantitative estimate of drug-likeness (QED) is 0.715. The van der Waals surface area contributed by atoms with Crippen LogP contribution in [0, 0.1) is 11.6 Å². The molecule has 1 aliphatic heterocycles. The molecular weight excluding hydrogens is 234 g/mol. The highest BCUT2D eigenvalue weighted by atomic mass is 19.2. The summed E-state index contributed by atoms with van der Waals surface area (Å²) in [6.45, 7) is 5.95. The van der Waals surface area contributed by atoms with Gasteiger partial charge in [0.25, 0.3) is 0 Å². The molecule has 0 radical (unpaired) electrons. The first-order valence-electron chi connectivity index (χ1n) is 5.48. The van der Waals surface area contributed by atoms with E-state index >= 15 is 0 Å². The van der Waals surface area contributed by atoms with Crippen LogP contribution in [0.4, 0.5) is 8.78 Å². The number of hydrogen-bond acceptors (Lipinski definition) is 2. The van der Waals surface area contributed by atoms with Crippen LogP contribution in [0.3, 0.4) is 0 Å². The van der Waals surface area contributed by atoms with Crippen molar-refractivity contribution in [3.05, 3.63) is 59.3 Å². The lowest BCUT2D eigenvalue weighted by Crippen LogP contribution is -2.04. The Morgan fingerprint density at radius 1 is 1.39 bits per heavy atom. The number of nitrogens with zero attached hydrogens (tertiary/aromatic N) is 2. The van der Waals surface area contributed by atoms with Crippen LogP contribution in [0.15, 0.2) is 52.1 Å². The van der Waals surface area contributed by atoms with Gasteiger partial charge in [-0.05, 0) is 25.1 Å². The maximum absolute atomic E-state index is 13.6. The number of dihydropyridines is 1. The number of aliphatic imine (C=N–C) groups is 2. The van der Waals surface area contributed by atoms with Crippen molar-refractivity contribution in [1.82, 2.24) is 0 Å². The van der Waals surface area contributed by atoms with Crippen LogP contribution in [0.1, 0.15) is 12.5 Å². The van der Waals surface area contributed by atoms with Gasteiger partial charge in [0, 0.05) is 23.1 Å². The Morgan fingerprint density at radius 2 is 2.17 bits per heavy atom. The summed E-state index contributed by atoms with van der Waals surface area (Å²) in [6.07, 6.45) is 3.41. The molecule has 1 aliphatic rings. The smallest absolute Gasteiger partial charge is 0.167 e. The van der Waals surface area contributed by atoms with Crippen molar-refractivity contribution >= 4 is 11.9 Å². The molecule has 0 saturated heterocycles. The summed E-state index contributed by atoms with van der Waals surface area (Å²) in [4.78, 5) is 8.29. The topological polar surface area (TPSA) is 24.7 Å². The van der Waals surface area contributed by atoms with Gasteiger partial charge in [0.05, 0.1) is 12.2 Å². The van der Waals surface area contributed by atoms with Gasteiger partial charge in [-0.1, -0.05) is 12.6 Å². The van der Waals surface area contributed by atoms with Crippen LogP contribution in [-0.2, 0) is 0 Å². The van der Waals surface area contributed by atoms with Crippen LogP contribution in [0.25, 0.3) is 0 Å². The van der Waals surface area contributed by atoms with E-state index < -0.39 is 11.6 Å². The van der Waals surface area contributed by atoms with Crippen molar-refractivity contribution in [3.63, 3.8) is 0 Å². The second kappa shape index (κ2) is 5.04. The van der Waals surface area contributed by atoms with E-state index in [-0.39, 0.29) is 5.56 Å². The first-order valence-corrected chi connectivity index (χ1v) is 5.48. The van der Waals surface area contributed by atoms with Gasteiger partial charge in [0.1, 0.15) is 0 Å².